The van der Waals surface area contributed by atoms with Crippen molar-refractivity contribution in [3.63, 3.8) is 0 Å². The van der Waals surface area contributed by atoms with Crippen molar-refractivity contribution in [2.24, 2.45) is 0 Å². The lowest BCUT2D eigenvalue weighted by Crippen LogP contribution is -2.44. The number of hydrogen-bond donors (Lipinski definition) is 3. The Balaban J connectivity index is 0.000000172. The van der Waals surface area contributed by atoms with Gasteiger partial charge in [-0.3, -0.25) is 0 Å². The summed E-state index contributed by atoms with van der Waals surface area (Å²) in [5, 5.41) is 11.6. The van der Waals surface area contributed by atoms with E-state index in [1.54, 1.807) is 0 Å². The third-order valence-corrected chi connectivity index (χ3v) is 22.0. The summed E-state index contributed by atoms with van der Waals surface area (Å²) in [7, 11) is -3.30. The number of hydrogen-bond acceptors (Lipinski definition) is 14. The molecule has 0 unspecified atom stereocenters. The van der Waals surface area contributed by atoms with Gasteiger partial charge in [-0.2, -0.15) is 11.1 Å². The molecule has 4 aliphatic rings. The summed E-state index contributed by atoms with van der Waals surface area (Å²) in [5.41, 5.74) is 13.3. The molecule has 4 aliphatic heterocycles. The monoisotopic (exact) mass is 876 g/mol. The van der Waals surface area contributed by atoms with Crippen LogP contribution < -0.4 is 11.5 Å². The first-order valence-corrected chi connectivity index (χ1v) is 27.2. The molecule has 8 atom stereocenters. The second kappa shape index (κ2) is 16.2. The van der Waals surface area contributed by atoms with Crippen LogP contribution in [0.4, 0.5) is 11.6 Å². The Kier molecular flexibility index (Phi) is 12.5. The molecule has 16 nitrogen and oxygen atoms in total. The van der Waals surface area contributed by atoms with E-state index in [9.17, 15) is 5.11 Å². The van der Waals surface area contributed by atoms with E-state index in [1.807, 2.05) is 61.4 Å². The van der Waals surface area contributed by atoms with E-state index in [4.69, 9.17) is 55.4 Å². The lowest BCUT2D eigenvalue weighted by molar-refractivity contribution is -0.199. The lowest BCUT2D eigenvalue weighted by Gasteiger charge is -2.37. The summed E-state index contributed by atoms with van der Waals surface area (Å²) in [6, 6.07) is 3.75. The molecule has 4 saturated heterocycles. The fourth-order valence-electron chi connectivity index (χ4n) is 6.95. The van der Waals surface area contributed by atoms with Gasteiger partial charge in [0.2, 0.25) is 0 Å². The first kappa shape index (κ1) is 45.8. The molecule has 4 aromatic heterocycles. The molecule has 4 aromatic rings. The predicted octanol–water partition coefficient (Wildman–Crippen LogP) is 7.11. The SMILES string of the molecule is CC(C)(C)[Si](C)(C)Cl.CC1(C)O[C@@H]2[C@H](O1)[C@@H](CO)O[C@H]2n1ccc2c(N)ncnc21.CC1(C)O[C@@H]2[C@H](O1)[C@@H](CO[Si](C)(C)C(C)(C)C)O[C@H]2n1ccc2c(N)ncnc21. The molecule has 8 heterocycles. The standard InChI is InChI=1S/C20H32N4O4Si.C14H18N4O4.C6H15ClSi/c1-19(2,3)29(6,7)25-10-13-14-15(28-20(4,5)27-14)18(26-13)24-9-8-12-16(21)22-11-23-17(12)24;1-14(2)21-9-8(5-19)20-13(10(9)22-14)18-4-3-7-11(15)16-6-17-12(7)18;1-6(2,3)8(4,5)7/h8-9,11,13-15,18H,10H2,1-7H3,(H2,21,22,23);3-4,6,8-10,13,19H,5H2,1-2H3,(H2,15,16,17);1-5H3/t13-,14-,15-,18-;8-,9-,10-,13-;/m11./s1. The van der Waals surface area contributed by atoms with Crippen LogP contribution in [-0.2, 0) is 32.8 Å². The van der Waals surface area contributed by atoms with Gasteiger partial charge < -0.3 is 58.6 Å². The molecule has 0 radical (unpaired) electrons. The van der Waals surface area contributed by atoms with Crippen molar-refractivity contribution in [2.45, 2.75) is 166 Å². The van der Waals surface area contributed by atoms with Crippen LogP contribution in [0.2, 0.25) is 36.3 Å². The predicted molar refractivity (Wildman–Crippen MR) is 233 cm³/mol. The van der Waals surface area contributed by atoms with Crippen molar-refractivity contribution >= 4 is 60.5 Å². The third-order valence-electron chi connectivity index (χ3n) is 12.3. The van der Waals surface area contributed by atoms with E-state index in [2.05, 4.69) is 87.7 Å². The maximum Gasteiger partial charge on any atom is 0.192 e. The number of nitrogens with zero attached hydrogens (tertiary/aromatic N) is 6. The number of halogens is 1. The van der Waals surface area contributed by atoms with Crippen molar-refractivity contribution in [1.29, 1.82) is 0 Å². The molecule has 4 fully saturated rings. The van der Waals surface area contributed by atoms with Gasteiger partial charge in [-0.05, 0) is 63.0 Å². The van der Waals surface area contributed by atoms with E-state index in [0.29, 0.717) is 28.9 Å². The first-order valence-electron chi connectivity index (χ1n) is 20.2. The number of ether oxygens (including phenoxy) is 6. The normalized spacial score (nSPS) is 28.9. The molecule has 0 bridgehead atoms. The van der Waals surface area contributed by atoms with Crippen molar-refractivity contribution in [2.75, 3.05) is 24.7 Å². The molecule has 5 N–H and O–H groups in total. The molecule has 0 amide bonds. The van der Waals surface area contributed by atoms with Gasteiger partial charge in [-0.25, -0.2) is 19.9 Å². The summed E-state index contributed by atoms with van der Waals surface area (Å²) in [5.74, 6) is -0.517. The number of nitrogen functional groups attached to an aromatic ring is 2. The average molecular weight is 878 g/mol. The quantitative estimate of drug-likeness (QED) is 0.131. The Morgan fingerprint density at radius 3 is 1.47 bits per heavy atom. The van der Waals surface area contributed by atoms with Crippen LogP contribution in [0.3, 0.4) is 0 Å². The Morgan fingerprint density at radius 2 is 1.08 bits per heavy atom. The number of aromatic nitrogens is 6. The summed E-state index contributed by atoms with van der Waals surface area (Å²) >= 11 is 6.15. The molecule has 328 valence electrons. The highest BCUT2D eigenvalue weighted by Gasteiger charge is 2.57. The largest absolute Gasteiger partial charge is 0.414 e. The van der Waals surface area contributed by atoms with Crippen LogP contribution in [0, 0.1) is 0 Å². The molecule has 0 aromatic carbocycles. The van der Waals surface area contributed by atoms with E-state index < -0.39 is 39.6 Å². The van der Waals surface area contributed by atoms with Crippen molar-refractivity contribution in [3.05, 3.63) is 37.2 Å². The van der Waals surface area contributed by atoms with Crippen LogP contribution in [-0.4, -0.2) is 111 Å². The van der Waals surface area contributed by atoms with Gasteiger partial charge in [0.05, 0.1) is 24.0 Å². The molecular formula is C40H65ClN8O8Si2. The number of aliphatic hydroxyl groups excluding tert-OH is 1. The van der Waals surface area contributed by atoms with Crippen LogP contribution in [0.25, 0.3) is 22.1 Å². The highest BCUT2D eigenvalue weighted by molar-refractivity contribution is 7.20. The highest BCUT2D eigenvalue weighted by Crippen LogP contribution is 2.46. The molecule has 0 spiro atoms. The Morgan fingerprint density at radius 1 is 0.695 bits per heavy atom. The zero-order chi connectivity index (χ0) is 43.7. The summed E-state index contributed by atoms with van der Waals surface area (Å²) in [6.07, 6.45) is 4.06. The summed E-state index contributed by atoms with van der Waals surface area (Å²) < 4.78 is 46.9. The second-order valence-corrected chi connectivity index (χ2v) is 31.8. The van der Waals surface area contributed by atoms with Gasteiger partial charge >= 0.3 is 0 Å². The molecule has 0 aliphatic carbocycles. The Bertz CT molecular complexity index is 2080. The topological polar surface area (TPSA) is 198 Å². The van der Waals surface area contributed by atoms with E-state index in [0.717, 1.165) is 16.4 Å². The van der Waals surface area contributed by atoms with Crippen molar-refractivity contribution < 1.29 is 38.0 Å². The molecule has 8 rings (SSSR count). The minimum absolute atomic E-state index is 0.127. The lowest BCUT2D eigenvalue weighted by atomic mass is 10.1. The van der Waals surface area contributed by atoms with E-state index >= 15 is 0 Å². The van der Waals surface area contributed by atoms with Gasteiger partial charge in [0.25, 0.3) is 0 Å². The van der Waals surface area contributed by atoms with Gasteiger partial charge in [-0.15, -0.1) is 0 Å². The minimum Gasteiger partial charge on any atom is -0.414 e. The molecular weight excluding hydrogens is 812 g/mol. The van der Waals surface area contributed by atoms with Gasteiger partial charge in [0.1, 0.15) is 72.2 Å². The molecule has 0 saturated carbocycles. The summed E-state index contributed by atoms with van der Waals surface area (Å²) in [6.45, 7) is 30.0. The Labute approximate surface area is 354 Å². The zero-order valence-electron chi connectivity index (χ0n) is 37.0. The third kappa shape index (κ3) is 9.38. The van der Waals surface area contributed by atoms with Gasteiger partial charge in [0, 0.05) is 12.4 Å². The summed E-state index contributed by atoms with van der Waals surface area (Å²) in [4.78, 5) is 16.7. The van der Waals surface area contributed by atoms with Crippen LogP contribution in [0.1, 0.15) is 81.7 Å². The number of nitrogens with two attached hydrogens (primary N) is 2. The van der Waals surface area contributed by atoms with Crippen molar-refractivity contribution in [1.82, 2.24) is 29.1 Å². The number of aliphatic hydroxyl groups is 1. The fraction of sp³-hybridized carbons (Fsp3) is 0.700. The van der Waals surface area contributed by atoms with Crippen LogP contribution >= 0.6 is 11.1 Å². The number of fused-ring (bicyclic) bond motifs is 4. The molecule has 59 heavy (non-hydrogen) atoms. The highest BCUT2D eigenvalue weighted by atomic mass is 35.6. The van der Waals surface area contributed by atoms with Crippen LogP contribution in [0.5, 0.6) is 0 Å². The zero-order valence-corrected chi connectivity index (χ0v) is 39.8. The van der Waals surface area contributed by atoms with E-state index in [1.165, 1.54) is 12.7 Å². The van der Waals surface area contributed by atoms with Crippen LogP contribution in [0.15, 0.2) is 37.2 Å². The number of rotatable bonds is 6. The maximum absolute atomic E-state index is 9.54. The fourth-order valence-corrected chi connectivity index (χ4v) is 7.96. The number of anilines is 2. The van der Waals surface area contributed by atoms with Crippen molar-refractivity contribution in [3.8, 4) is 0 Å². The molecule has 19 heteroatoms. The smallest absolute Gasteiger partial charge is 0.192 e. The van der Waals surface area contributed by atoms with E-state index in [-0.39, 0.29) is 48.4 Å². The second-order valence-electron chi connectivity index (χ2n) is 19.7. The Hall–Kier alpha value is -2.76. The van der Waals surface area contributed by atoms with Gasteiger partial charge in [-0.1, -0.05) is 54.6 Å². The average Bonchev–Trinajstić information content (AvgIpc) is 3.94. The maximum atomic E-state index is 9.54. The van der Waals surface area contributed by atoms with Gasteiger partial charge in [0.15, 0.2) is 39.7 Å². The first-order chi connectivity index (χ1) is 27.1. The minimum atomic E-state index is -1.91.